The predicted molar refractivity (Wildman–Crippen MR) is 61.9 cm³/mol. The van der Waals surface area contributed by atoms with Crippen molar-refractivity contribution < 1.29 is 0 Å². The Bertz CT molecular complexity index is 482. The first kappa shape index (κ1) is 11.0. The highest BCUT2D eigenvalue weighted by Crippen LogP contribution is 2.20. The zero-order valence-corrected chi connectivity index (χ0v) is 9.88. The van der Waals surface area contributed by atoms with Crippen LogP contribution in [0.15, 0.2) is 18.5 Å². The zero-order valence-electron chi connectivity index (χ0n) is 9.88. The minimum Gasteiger partial charge on any atom is -0.327 e. The van der Waals surface area contributed by atoms with E-state index in [1.54, 1.807) is 6.20 Å². The molecule has 16 heavy (non-hydrogen) atoms. The molecule has 0 spiro atoms. The summed E-state index contributed by atoms with van der Waals surface area (Å²) in [5, 5.41) is 8.12. The maximum atomic E-state index is 6.13. The van der Waals surface area contributed by atoms with Gasteiger partial charge in [0.25, 0.3) is 5.78 Å². The zero-order chi connectivity index (χ0) is 11.8. The Morgan fingerprint density at radius 1 is 1.38 bits per heavy atom. The first-order valence-corrected chi connectivity index (χ1v) is 5.38. The summed E-state index contributed by atoms with van der Waals surface area (Å²) in [6.07, 6.45) is 4.32. The third kappa shape index (κ3) is 2.04. The largest absolute Gasteiger partial charge is 0.327 e. The highest BCUT2D eigenvalue weighted by atomic mass is 15.3. The van der Waals surface area contributed by atoms with E-state index < -0.39 is 0 Å². The molecule has 0 bridgehead atoms. The molecule has 0 radical (unpaired) electrons. The standard InChI is InChI=1S/C11H17N5/c1-11(2,3)8(12)7-9-14-15-10-13-5-4-6-16(9)10/h4-6,8H,7,12H2,1-3H3. The molecule has 2 aromatic rings. The topological polar surface area (TPSA) is 69.1 Å². The molecular weight excluding hydrogens is 202 g/mol. The van der Waals surface area contributed by atoms with Crippen LogP contribution in [-0.2, 0) is 6.42 Å². The summed E-state index contributed by atoms with van der Waals surface area (Å²) in [6.45, 7) is 6.37. The monoisotopic (exact) mass is 219 g/mol. The Labute approximate surface area is 94.7 Å². The number of nitrogens with zero attached hydrogens (tertiary/aromatic N) is 4. The fourth-order valence-electron chi connectivity index (χ4n) is 1.43. The molecule has 0 aliphatic carbocycles. The van der Waals surface area contributed by atoms with Crippen LogP contribution in [0.4, 0.5) is 0 Å². The average Bonchev–Trinajstić information content (AvgIpc) is 2.61. The summed E-state index contributed by atoms with van der Waals surface area (Å²) in [6, 6.07) is 1.92. The van der Waals surface area contributed by atoms with Crippen LogP contribution in [0, 0.1) is 5.41 Å². The van der Waals surface area contributed by atoms with Gasteiger partial charge >= 0.3 is 0 Å². The van der Waals surface area contributed by atoms with Crippen LogP contribution < -0.4 is 5.73 Å². The van der Waals surface area contributed by atoms with Crippen molar-refractivity contribution in [2.24, 2.45) is 11.1 Å². The van der Waals surface area contributed by atoms with Crippen molar-refractivity contribution in [3.05, 3.63) is 24.3 Å². The lowest BCUT2D eigenvalue weighted by Crippen LogP contribution is -2.37. The van der Waals surface area contributed by atoms with Crippen molar-refractivity contribution in [3.63, 3.8) is 0 Å². The quantitative estimate of drug-likeness (QED) is 0.819. The number of aromatic nitrogens is 4. The first-order valence-electron chi connectivity index (χ1n) is 5.38. The van der Waals surface area contributed by atoms with Crippen LogP contribution in [-0.4, -0.2) is 25.6 Å². The first-order chi connectivity index (χ1) is 7.48. The molecule has 1 unspecified atom stereocenters. The van der Waals surface area contributed by atoms with E-state index in [4.69, 9.17) is 5.73 Å². The number of rotatable bonds is 2. The Morgan fingerprint density at radius 2 is 2.12 bits per heavy atom. The Hall–Kier alpha value is -1.49. The minimum atomic E-state index is 0.0557. The molecule has 0 saturated carbocycles. The van der Waals surface area contributed by atoms with Gasteiger partial charge in [-0.15, -0.1) is 10.2 Å². The molecule has 5 heteroatoms. The summed E-state index contributed by atoms with van der Waals surface area (Å²) in [5.41, 5.74) is 6.19. The van der Waals surface area contributed by atoms with Crippen molar-refractivity contribution in [1.29, 1.82) is 0 Å². The normalized spacial score (nSPS) is 14.2. The van der Waals surface area contributed by atoms with Gasteiger partial charge in [-0.3, -0.25) is 4.40 Å². The third-order valence-electron chi connectivity index (χ3n) is 2.77. The second-order valence-electron chi connectivity index (χ2n) is 5.08. The molecule has 2 aromatic heterocycles. The smallest absolute Gasteiger partial charge is 0.254 e. The van der Waals surface area contributed by atoms with Gasteiger partial charge in [-0.2, -0.15) is 0 Å². The van der Waals surface area contributed by atoms with E-state index in [1.165, 1.54) is 0 Å². The van der Waals surface area contributed by atoms with E-state index in [-0.39, 0.29) is 11.5 Å². The molecule has 0 aliphatic rings. The van der Waals surface area contributed by atoms with E-state index in [9.17, 15) is 0 Å². The van der Waals surface area contributed by atoms with Crippen molar-refractivity contribution >= 4 is 5.78 Å². The maximum absolute atomic E-state index is 6.13. The molecule has 0 amide bonds. The van der Waals surface area contributed by atoms with Gasteiger partial charge < -0.3 is 5.73 Å². The summed E-state index contributed by atoms with van der Waals surface area (Å²) in [4.78, 5) is 4.12. The van der Waals surface area contributed by atoms with Gasteiger partial charge in [0.1, 0.15) is 5.82 Å². The Balaban J connectivity index is 2.28. The second-order valence-corrected chi connectivity index (χ2v) is 5.08. The molecule has 0 aliphatic heterocycles. The van der Waals surface area contributed by atoms with Gasteiger partial charge in [0.2, 0.25) is 0 Å². The van der Waals surface area contributed by atoms with Crippen molar-refractivity contribution in [1.82, 2.24) is 19.6 Å². The molecule has 5 nitrogen and oxygen atoms in total. The minimum absolute atomic E-state index is 0.0557. The molecule has 86 valence electrons. The maximum Gasteiger partial charge on any atom is 0.254 e. The highest BCUT2D eigenvalue weighted by Gasteiger charge is 2.22. The second kappa shape index (κ2) is 3.83. The summed E-state index contributed by atoms with van der Waals surface area (Å²) < 4.78 is 1.88. The van der Waals surface area contributed by atoms with E-state index in [1.807, 2.05) is 16.7 Å². The molecular formula is C11H17N5. The number of hydrogen-bond donors (Lipinski definition) is 1. The number of nitrogens with two attached hydrogens (primary N) is 1. The van der Waals surface area contributed by atoms with Crippen LogP contribution in [0.3, 0.4) is 0 Å². The van der Waals surface area contributed by atoms with Gasteiger partial charge in [-0.05, 0) is 11.5 Å². The lowest BCUT2D eigenvalue weighted by Gasteiger charge is -2.26. The van der Waals surface area contributed by atoms with E-state index in [0.717, 1.165) is 5.82 Å². The summed E-state index contributed by atoms with van der Waals surface area (Å²) in [7, 11) is 0. The van der Waals surface area contributed by atoms with Gasteiger partial charge in [-0.25, -0.2) is 4.98 Å². The van der Waals surface area contributed by atoms with Crippen molar-refractivity contribution in [3.8, 4) is 0 Å². The molecule has 2 heterocycles. The SMILES string of the molecule is CC(C)(C)C(N)Cc1nnc2ncccn12. The van der Waals surface area contributed by atoms with Crippen LogP contribution in [0.1, 0.15) is 26.6 Å². The number of hydrogen-bond acceptors (Lipinski definition) is 4. The molecule has 0 aromatic carbocycles. The lowest BCUT2D eigenvalue weighted by molar-refractivity contribution is 0.314. The van der Waals surface area contributed by atoms with Crippen LogP contribution in [0.5, 0.6) is 0 Å². The molecule has 0 saturated heterocycles. The van der Waals surface area contributed by atoms with E-state index >= 15 is 0 Å². The van der Waals surface area contributed by atoms with Gasteiger partial charge in [0.15, 0.2) is 0 Å². The third-order valence-corrected chi connectivity index (χ3v) is 2.77. The fourth-order valence-corrected chi connectivity index (χ4v) is 1.43. The predicted octanol–water partition coefficient (Wildman–Crippen LogP) is 1.04. The summed E-state index contributed by atoms with van der Waals surface area (Å²) >= 11 is 0. The number of fused-ring (bicyclic) bond motifs is 1. The van der Waals surface area contributed by atoms with Crippen molar-refractivity contribution in [2.75, 3.05) is 0 Å². The van der Waals surface area contributed by atoms with Gasteiger partial charge in [-0.1, -0.05) is 20.8 Å². The van der Waals surface area contributed by atoms with Crippen LogP contribution in [0.25, 0.3) is 5.78 Å². The molecule has 2 N–H and O–H groups in total. The van der Waals surface area contributed by atoms with E-state index in [0.29, 0.717) is 12.2 Å². The van der Waals surface area contributed by atoms with Gasteiger partial charge in [0.05, 0.1) is 0 Å². The highest BCUT2D eigenvalue weighted by molar-refractivity contribution is 5.26. The lowest BCUT2D eigenvalue weighted by atomic mass is 9.85. The van der Waals surface area contributed by atoms with Crippen LogP contribution in [0.2, 0.25) is 0 Å². The van der Waals surface area contributed by atoms with Crippen LogP contribution >= 0.6 is 0 Å². The molecule has 1 atom stereocenters. The fraction of sp³-hybridized carbons (Fsp3) is 0.545. The Morgan fingerprint density at radius 3 is 2.81 bits per heavy atom. The molecule has 2 rings (SSSR count). The van der Waals surface area contributed by atoms with Gasteiger partial charge in [0, 0.05) is 24.9 Å². The average molecular weight is 219 g/mol. The Kier molecular flexibility index (Phi) is 2.63. The van der Waals surface area contributed by atoms with E-state index in [2.05, 4.69) is 36.0 Å². The molecule has 0 fully saturated rings. The summed E-state index contributed by atoms with van der Waals surface area (Å²) in [5.74, 6) is 1.49. The van der Waals surface area contributed by atoms with Crippen molar-refractivity contribution in [2.45, 2.75) is 33.2 Å².